The van der Waals surface area contributed by atoms with Crippen LogP contribution in [0.1, 0.15) is 66.8 Å². The van der Waals surface area contributed by atoms with Gasteiger partial charge in [0.25, 0.3) is 5.91 Å². The number of nitrogens with one attached hydrogen (secondary N) is 2. The lowest BCUT2D eigenvalue weighted by molar-refractivity contribution is -0.142. The van der Waals surface area contributed by atoms with Crippen LogP contribution in [0, 0.1) is 0 Å². The summed E-state index contributed by atoms with van der Waals surface area (Å²) in [5.41, 5.74) is 2.11. The summed E-state index contributed by atoms with van der Waals surface area (Å²) in [5.74, 6) is 0.469. The third-order valence-corrected chi connectivity index (χ3v) is 7.06. The lowest BCUT2D eigenvalue weighted by Gasteiger charge is -2.37. The Morgan fingerprint density at radius 1 is 1.15 bits per heavy atom. The predicted molar refractivity (Wildman–Crippen MR) is 126 cm³/mol. The largest absolute Gasteiger partial charge is 0.487 e. The van der Waals surface area contributed by atoms with Crippen LogP contribution in [0.15, 0.2) is 42.7 Å². The molecule has 3 heterocycles. The summed E-state index contributed by atoms with van der Waals surface area (Å²) in [7, 11) is 0. The van der Waals surface area contributed by atoms with Gasteiger partial charge in [-0.05, 0) is 49.6 Å². The van der Waals surface area contributed by atoms with Gasteiger partial charge in [0.1, 0.15) is 18.0 Å². The number of nitrogens with zero attached hydrogens (tertiary/aromatic N) is 1. The summed E-state index contributed by atoms with van der Waals surface area (Å²) in [6, 6.07) is 9.25. The first-order valence-corrected chi connectivity index (χ1v) is 12.2. The first kappa shape index (κ1) is 22.8. The molecule has 0 unspecified atom stereocenters. The lowest BCUT2D eigenvalue weighted by atomic mass is 9.84. The zero-order valence-electron chi connectivity index (χ0n) is 19.1. The number of aliphatic hydroxyl groups is 1. The van der Waals surface area contributed by atoms with Crippen molar-refractivity contribution < 1.29 is 24.2 Å². The first-order chi connectivity index (χ1) is 16.6. The van der Waals surface area contributed by atoms with Gasteiger partial charge in [0.05, 0.1) is 24.7 Å². The topological polar surface area (TPSA) is 110 Å². The number of anilines is 1. The molecule has 180 valence electrons. The number of amides is 2. The molecule has 3 N–H and O–H groups in total. The number of carbonyl (C=O) groups excluding carboxylic acids is 2. The fourth-order valence-corrected chi connectivity index (χ4v) is 5.41. The number of aliphatic hydroxyl groups excluding tert-OH is 1. The zero-order chi connectivity index (χ0) is 23.5. The Morgan fingerprint density at radius 3 is 2.76 bits per heavy atom. The monoisotopic (exact) mass is 465 g/mol. The number of carbonyl (C=O) groups is 2. The molecule has 1 saturated heterocycles. The maximum atomic E-state index is 12.7. The van der Waals surface area contributed by atoms with Crippen molar-refractivity contribution in [1.82, 2.24) is 10.3 Å². The number of aromatic nitrogens is 1. The highest BCUT2D eigenvalue weighted by molar-refractivity contribution is 6.04. The van der Waals surface area contributed by atoms with Gasteiger partial charge < -0.3 is 25.2 Å². The minimum absolute atomic E-state index is 0.00339. The average molecular weight is 466 g/mol. The summed E-state index contributed by atoms with van der Waals surface area (Å²) >= 11 is 0. The number of benzene rings is 1. The molecule has 2 aliphatic heterocycles. The van der Waals surface area contributed by atoms with Crippen LogP contribution in [0.5, 0.6) is 5.75 Å². The molecule has 0 spiro atoms. The average Bonchev–Trinajstić information content (AvgIpc) is 3.22. The molecule has 2 fully saturated rings. The van der Waals surface area contributed by atoms with Crippen molar-refractivity contribution in [2.75, 3.05) is 11.9 Å². The minimum atomic E-state index is -0.507. The molecule has 8 nitrogen and oxygen atoms in total. The number of hydrogen-bond donors (Lipinski definition) is 3. The molecular weight excluding hydrogens is 434 g/mol. The van der Waals surface area contributed by atoms with Crippen LogP contribution in [0.3, 0.4) is 0 Å². The van der Waals surface area contributed by atoms with E-state index in [1.54, 1.807) is 24.4 Å². The number of ether oxygens (including phenoxy) is 2. The van der Waals surface area contributed by atoms with Crippen molar-refractivity contribution in [3.8, 4) is 5.75 Å². The third-order valence-electron chi connectivity index (χ3n) is 7.06. The molecule has 1 aromatic carbocycles. The molecule has 1 saturated carbocycles. The van der Waals surface area contributed by atoms with Crippen LogP contribution in [-0.4, -0.2) is 52.9 Å². The summed E-state index contributed by atoms with van der Waals surface area (Å²) in [4.78, 5) is 29.2. The molecule has 1 aromatic heterocycles. The Hall–Kier alpha value is -2.97. The van der Waals surface area contributed by atoms with Gasteiger partial charge >= 0.3 is 0 Å². The molecule has 0 bridgehead atoms. The van der Waals surface area contributed by atoms with Crippen molar-refractivity contribution >= 4 is 17.5 Å². The minimum Gasteiger partial charge on any atom is -0.487 e. The highest BCUT2D eigenvalue weighted by Crippen LogP contribution is 2.47. The van der Waals surface area contributed by atoms with Gasteiger partial charge in [0, 0.05) is 35.6 Å². The van der Waals surface area contributed by atoms with E-state index in [1.165, 1.54) is 12.6 Å². The van der Waals surface area contributed by atoms with E-state index in [-0.39, 0.29) is 49.0 Å². The van der Waals surface area contributed by atoms with Gasteiger partial charge in [-0.2, -0.15) is 0 Å². The molecule has 8 heteroatoms. The van der Waals surface area contributed by atoms with Crippen LogP contribution in [0.2, 0.25) is 0 Å². The quantitative estimate of drug-likeness (QED) is 0.605. The van der Waals surface area contributed by atoms with Crippen molar-refractivity contribution in [1.29, 1.82) is 0 Å². The van der Waals surface area contributed by atoms with E-state index in [1.807, 2.05) is 12.1 Å². The van der Waals surface area contributed by atoms with Gasteiger partial charge in [-0.25, -0.2) is 0 Å². The Morgan fingerprint density at radius 2 is 2.00 bits per heavy atom. The molecular formula is C26H31N3O5. The zero-order valence-corrected chi connectivity index (χ0v) is 19.1. The number of fused-ring (bicyclic) bond motifs is 3. The highest BCUT2D eigenvalue weighted by Gasteiger charge is 2.46. The van der Waals surface area contributed by atoms with Crippen LogP contribution in [-0.2, 0) is 9.53 Å². The maximum absolute atomic E-state index is 12.7. The van der Waals surface area contributed by atoms with Crippen LogP contribution >= 0.6 is 0 Å². The van der Waals surface area contributed by atoms with E-state index in [4.69, 9.17) is 9.47 Å². The van der Waals surface area contributed by atoms with Gasteiger partial charge in [0.15, 0.2) is 0 Å². The normalized spacial score (nSPS) is 26.1. The summed E-state index contributed by atoms with van der Waals surface area (Å²) in [6.07, 6.45) is 8.54. The molecule has 1 aliphatic carbocycles. The highest BCUT2D eigenvalue weighted by atomic mass is 16.6. The second-order valence-electron chi connectivity index (χ2n) is 9.46. The SMILES string of the molecule is O=C(C[C@H]1C[C@@H]2c3cc(NC(=O)c4cccnc4)ccc3O[C@@H]2[C@H](CO)O1)NC1CCCCC1. The first-order valence-electron chi connectivity index (χ1n) is 12.2. The van der Waals surface area contributed by atoms with Crippen LogP contribution in [0.4, 0.5) is 5.69 Å². The Balaban J connectivity index is 1.27. The van der Waals surface area contributed by atoms with E-state index in [9.17, 15) is 14.7 Å². The summed E-state index contributed by atoms with van der Waals surface area (Å²) in [5, 5.41) is 16.0. The predicted octanol–water partition coefficient (Wildman–Crippen LogP) is 3.17. The summed E-state index contributed by atoms with van der Waals surface area (Å²) < 4.78 is 12.2. The van der Waals surface area contributed by atoms with Crippen LogP contribution < -0.4 is 15.4 Å². The van der Waals surface area contributed by atoms with Gasteiger partial charge in [-0.15, -0.1) is 0 Å². The number of hydrogen-bond acceptors (Lipinski definition) is 6. The number of rotatable bonds is 6. The van der Waals surface area contributed by atoms with E-state index >= 15 is 0 Å². The summed E-state index contributed by atoms with van der Waals surface area (Å²) in [6.45, 7) is -0.180. The van der Waals surface area contributed by atoms with Gasteiger partial charge in [0.2, 0.25) is 5.91 Å². The van der Waals surface area contributed by atoms with Crippen molar-refractivity contribution in [3.05, 3.63) is 53.9 Å². The van der Waals surface area contributed by atoms with E-state index < -0.39 is 6.10 Å². The fourth-order valence-electron chi connectivity index (χ4n) is 5.41. The second kappa shape index (κ2) is 10.1. The maximum Gasteiger partial charge on any atom is 0.257 e. The third kappa shape index (κ3) is 4.93. The van der Waals surface area contributed by atoms with Gasteiger partial charge in [-0.1, -0.05) is 19.3 Å². The van der Waals surface area contributed by atoms with E-state index in [0.717, 1.165) is 37.0 Å². The Labute approximate surface area is 199 Å². The van der Waals surface area contributed by atoms with E-state index in [0.29, 0.717) is 17.7 Å². The van der Waals surface area contributed by atoms with Crippen molar-refractivity contribution in [3.63, 3.8) is 0 Å². The molecule has 34 heavy (non-hydrogen) atoms. The van der Waals surface area contributed by atoms with Crippen LogP contribution in [0.25, 0.3) is 0 Å². The van der Waals surface area contributed by atoms with Crippen molar-refractivity contribution in [2.24, 2.45) is 0 Å². The Kier molecular flexibility index (Phi) is 6.78. The molecule has 5 rings (SSSR count). The standard InChI is InChI=1S/C26H31N3O5/c30-15-23-25-21(12-19(33-23)13-24(31)28-17-6-2-1-3-7-17)20-11-18(8-9-22(20)34-25)29-26(32)16-5-4-10-27-14-16/h4-5,8-11,14,17,19,21,23,25,30H,1-3,6-7,12-13,15H2,(H,28,31)(H,29,32)/t19-,21-,23+,25+/m1/s1. The molecule has 2 amide bonds. The lowest BCUT2D eigenvalue weighted by Crippen LogP contribution is -2.48. The molecule has 4 atom stereocenters. The second-order valence-corrected chi connectivity index (χ2v) is 9.46. The molecule has 3 aliphatic rings. The smallest absolute Gasteiger partial charge is 0.257 e. The van der Waals surface area contributed by atoms with Gasteiger partial charge in [-0.3, -0.25) is 14.6 Å². The molecule has 2 aromatic rings. The number of pyridine rings is 1. The van der Waals surface area contributed by atoms with Crippen molar-refractivity contribution in [2.45, 2.75) is 75.2 Å². The van der Waals surface area contributed by atoms with E-state index in [2.05, 4.69) is 15.6 Å². The Bertz CT molecular complexity index is 1020. The fraction of sp³-hybridized carbons (Fsp3) is 0.500. The molecule has 0 radical (unpaired) electrons.